The molecule has 0 spiro atoms. The van der Waals surface area contributed by atoms with Gasteiger partial charge in [-0.25, -0.2) is 0 Å². The van der Waals surface area contributed by atoms with Gasteiger partial charge in [0.25, 0.3) is 0 Å². The Labute approximate surface area is 110 Å². The van der Waals surface area contributed by atoms with Crippen LogP contribution in [0.3, 0.4) is 0 Å². The second kappa shape index (κ2) is 13.5. The number of aliphatic carboxylic acids is 1. The molecule has 2 heteroatoms. The van der Waals surface area contributed by atoms with Crippen molar-refractivity contribution in [2.45, 2.75) is 44.9 Å². The van der Waals surface area contributed by atoms with Crippen molar-refractivity contribution in [1.82, 2.24) is 0 Å². The van der Waals surface area contributed by atoms with Crippen LogP contribution in [-0.2, 0) is 4.79 Å². The summed E-state index contributed by atoms with van der Waals surface area (Å²) < 4.78 is 0. The van der Waals surface area contributed by atoms with Gasteiger partial charge < -0.3 is 5.11 Å². The normalized spacial score (nSPS) is 11.8. The molecule has 1 N–H and O–H groups in total. The van der Waals surface area contributed by atoms with Crippen LogP contribution in [0.25, 0.3) is 0 Å². The maximum atomic E-state index is 10.3. The van der Waals surface area contributed by atoms with Crippen molar-refractivity contribution in [3.63, 3.8) is 0 Å². The van der Waals surface area contributed by atoms with Gasteiger partial charge in [0.2, 0.25) is 0 Å². The first-order valence-electron chi connectivity index (χ1n) is 6.56. The van der Waals surface area contributed by atoms with Crippen LogP contribution in [0.5, 0.6) is 0 Å². The van der Waals surface area contributed by atoms with E-state index in [0.29, 0.717) is 6.42 Å². The van der Waals surface area contributed by atoms with Gasteiger partial charge >= 0.3 is 5.97 Å². The second-order valence-electron chi connectivity index (χ2n) is 4.07. The molecule has 0 aliphatic heterocycles. The van der Waals surface area contributed by atoms with E-state index in [1.54, 1.807) is 6.08 Å². The summed E-state index contributed by atoms with van der Waals surface area (Å²) in [7, 11) is 0. The Bertz CT molecular complexity index is 298. The summed E-state index contributed by atoms with van der Waals surface area (Å²) in [4.78, 5) is 10.3. The van der Waals surface area contributed by atoms with Crippen LogP contribution in [0, 0.1) is 0 Å². The van der Waals surface area contributed by atoms with Gasteiger partial charge in [-0.1, -0.05) is 55.5 Å². The highest BCUT2D eigenvalue weighted by Gasteiger charge is 1.94. The molecule has 0 rings (SSSR count). The van der Waals surface area contributed by atoms with Crippen LogP contribution in [-0.4, -0.2) is 11.1 Å². The first-order valence-corrected chi connectivity index (χ1v) is 6.56. The zero-order valence-electron chi connectivity index (χ0n) is 11.1. The second-order valence-corrected chi connectivity index (χ2v) is 4.07. The third-order valence-electron chi connectivity index (χ3n) is 2.41. The minimum atomic E-state index is -0.693. The molecule has 2 nitrogen and oxygen atoms in total. The molecule has 18 heavy (non-hydrogen) atoms. The molecular weight excluding hydrogens is 224 g/mol. The zero-order chi connectivity index (χ0) is 13.5. The molecule has 0 aliphatic carbocycles. The molecule has 0 amide bonds. The molecule has 0 saturated heterocycles. The lowest BCUT2D eigenvalue weighted by Crippen LogP contribution is -1.93. The highest BCUT2D eigenvalue weighted by atomic mass is 16.4. The Kier molecular flexibility index (Phi) is 12.3. The molecule has 0 radical (unpaired) electrons. The summed E-state index contributed by atoms with van der Waals surface area (Å²) in [6.07, 6.45) is 20.5. The first kappa shape index (κ1) is 16.4. The summed E-state index contributed by atoms with van der Waals surface area (Å²) in [5, 5.41) is 8.46. The molecule has 0 fully saturated rings. The van der Waals surface area contributed by atoms with Crippen molar-refractivity contribution < 1.29 is 9.90 Å². The predicted molar refractivity (Wildman–Crippen MR) is 77.6 cm³/mol. The maximum absolute atomic E-state index is 10.3. The number of carboxylic acid groups (broad SMARTS) is 1. The van der Waals surface area contributed by atoms with Crippen LogP contribution >= 0.6 is 0 Å². The van der Waals surface area contributed by atoms with E-state index in [1.165, 1.54) is 0 Å². The topological polar surface area (TPSA) is 37.3 Å². The van der Waals surface area contributed by atoms with E-state index in [4.69, 9.17) is 5.11 Å². The lowest BCUT2D eigenvalue weighted by molar-refractivity contribution is -0.137. The van der Waals surface area contributed by atoms with Crippen LogP contribution in [0.4, 0.5) is 0 Å². The number of allylic oxidation sites excluding steroid dienone is 7. The Morgan fingerprint density at radius 3 is 2.28 bits per heavy atom. The summed E-state index contributed by atoms with van der Waals surface area (Å²) in [6, 6.07) is 0. The van der Waals surface area contributed by atoms with E-state index in [-0.39, 0.29) is 0 Å². The maximum Gasteiger partial charge on any atom is 0.303 e. The Hall–Kier alpha value is -1.57. The highest BCUT2D eigenvalue weighted by molar-refractivity contribution is 5.66. The number of carboxylic acids is 1. The van der Waals surface area contributed by atoms with Crippen LogP contribution in [0.2, 0.25) is 0 Å². The monoisotopic (exact) mass is 248 g/mol. The Balaban J connectivity index is 3.30. The smallest absolute Gasteiger partial charge is 0.303 e. The van der Waals surface area contributed by atoms with Crippen molar-refractivity contribution in [3.05, 3.63) is 49.1 Å². The van der Waals surface area contributed by atoms with E-state index in [0.717, 1.165) is 38.5 Å². The lowest BCUT2D eigenvalue weighted by atomic mass is 10.1. The fourth-order valence-electron chi connectivity index (χ4n) is 1.45. The van der Waals surface area contributed by atoms with Crippen LogP contribution in [0.1, 0.15) is 44.9 Å². The largest absolute Gasteiger partial charge is 0.481 e. The van der Waals surface area contributed by atoms with E-state index < -0.39 is 5.97 Å². The molecule has 0 aromatic heterocycles. The number of unbranched alkanes of at least 4 members (excludes halogenated alkanes) is 3. The van der Waals surface area contributed by atoms with E-state index >= 15 is 0 Å². The van der Waals surface area contributed by atoms with E-state index in [2.05, 4.69) is 37.0 Å². The summed E-state index contributed by atoms with van der Waals surface area (Å²) in [6.45, 7) is 3.60. The predicted octanol–water partition coefficient (Wildman–Crippen LogP) is 4.66. The molecule has 0 heterocycles. The van der Waals surface area contributed by atoms with Gasteiger partial charge in [-0.3, -0.25) is 4.79 Å². The molecular formula is C16H24O2. The van der Waals surface area contributed by atoms with Crippen LogP contribution in [0.15, 0.2) is 49.1 Å². The third-order valence-corrected chi connectivity index (χ3v) is 2.41. The van der Waals surface area contributed by atoms with Gasteiger partial charge in [-0.15, -0.1) is 0 Å². The molecule has 0 aromatic carbocycles. The average Bonchev–Trinajstić information content (AvgIpc) is 2.34. The zero-order valence-corrected chi connectivity index (χ0v) is 11.1. The standard InChI is InChI=1S/C16H24O2/c1-2-3-4-5-6-7-8-9-10-11-12-13-14-15-16(17)18/h2-4,6-7,9-10H,1,5,8,11-15H2,(H,17,18)/b4-3+,7-6+,10-9+. The number of rotatable bonds is 11. The van der Waals surface area contributed by atoms with Crippen molar-refractivity contribution in [2.24, 2.45) is 0 Å². The fourth-order valence-corrected chi connectivity index (χ4v) is 1.45. The lowest BCUT2D eigenvalue weighted by Gasteiger charge is -1.94. The third kappa shape index (κ3) is 14.4. The molecule has 0 aromatic rings. The highest BCUT2D eigenvalue weighted by Crippen LogP contribution is 2.04. The summed E-state index contributed by atoms with van der Waals surface area (Å²) in [5.74, 6) is -0.693. The number of hydrogen-bond donors (Lipinski definition) is 1. The first-order chi connectivity index (χ1) is 8.77. The molecule has 0 unspecified atom stereocenters. The van der Waals surface area contributed by atoms with Gasteiger partial charge in [-0.05, 0) is 32.1 Å². The number of hydrogen-bond acceptors (Lipinski definition) is 1. The van der Waals surface area contributed by atoms with Crippen molar-refractivity contribution in [1.29, 1.82) is 0 Å². The Morgan fingerprint density at radius 1 is 0.944 bits per heavy atom. The summed E-state index contributed by atoms with van der Waals surface area (Å²) >= 11 is 0. The molecule has 0 aliphatic rings. The quantitative estimate of drug-likeness (QED) is 0.328. The average molecular weight is 248 g/mol. The Morgan fingerprint density at radius 2 is 1.61 bits per heavy atom. The molecule has 0 saturated carbocycles. The van der Waals surface area contributed by atoms with Gasteiger partial charge in [-0.2, -0.15) is 0 Å². The van der Waals surface area contributed by atoms with Gasteiger partial charge in [0, 0.05) is 6.42 Å². The van der Waals surface area contributed by atoms with Crippen molar-refractivity contribution in [2.75, 3.05) is 0 Å². The van der Waals surface area contributed by atoms with Crippen LogP contribution < -0.4 is 0 Å². The van der Waals surface area contributed by atoms with Gasteiger partial charge in [0.05, 0.1) is 0 Å². The molecule has 0 atom stereocenters. The van der Waals surface area contributed by atoms with Crippen molar-refractivity contribution >= 4 is 5.97 Å². The van der Waals surface area contributed by atoms with Gasteiger partial charge in [0.15, 0.2) is 0 Å². The van der Waals surface area contributed by atoms with Crippen molar-refractivity contribution in [3.8, 4) is 0 Å². The fraction of sp³-hybridized carbons (Fsp3) is 0.438. The number of carbonyl (C=O) groups is 1. The molecule has 100 valence electrons. The van der Waals surface area contributed by atoms with Gasteiger partial charge in [0.1, 0.15) is 0 Å². The minimum Gasteiger partial charge on any atom is -0.481 e. The summed E-state index contributed by atoms with van der Waals surface area (Å²) in [5.41, 5.74) is 0. The van der Waals surface area contributed by atoms with E-state index in [1.807, 2.05) is 6.08 Å². The SMILES string of the molecule is C=C/C=C/C/C=C/C/C=C/CCCCCC(=O)O. The van der Waals surface area contributed by atoms with E-state index in [9.17, 15) is 4.79 Å². The minimum absolute atomic E-state index is 0.296. The molecule has 0 bridgehead atoms.